The highest BCUT2D eigenvalue weighted by atomic mass is 32.2. The molecule has 1 N–H and O–H groups in total. The van der Waals surface area contributed by atoms with Crippen LogP contribution in [-0.2, 0) is 9.59 Å². The zero-order chi connectivity index (χ0) is 19.7. The van der Waals surface area contributed by atoms with E-state index >= 15 is 0 Å². The van der Waals surface area contributed by atoms with Crippen LogP contribution in [-0.4, -0.2) is 46.6 Å². The number of nitrogens with zero attached hydrogens (tertiary/aromatic N) is 3. The van der Waals surface area contributed by atoms with Crippen molar-refractivity contribution in [1.29, 1.82) is 0 Å². The molecule has 2 aliphatic heterocycles. The molecule has 142 valence electrons. The average molecular weight is 394 g/mol. The summed E-state index contributed by atoms with van der Waals surface area (Å²) in [5, 5.41) is 3.29. The number of methoxy groups -OCH3 is 1. The van der Waals surface area contributed by atoms with Crippen molar-refractivity contribution in [3.05, 3.63) is 54.1 Å². The largest absolute Gasteiger partial charge is 0.495 e. The van der Waals surface area contributed by atoms with Crippen molar-refractivity contribution >= 4 is 46.0 Å². The summed E-state index contributed by atoms with van der Waals surface area (Å²) in [5.74, 6) is 0.929. The quantitative estimate of drug-likeness (QED) is 0.864. The third-order valence-electron chi connectivity index (χ3n) is 4.37. The van der Waals surface area contributed by atoms with Crippen molar-refractivity contribution < 1.29 is 14.3 Å². The Labute approximate surface area is 166 Å². The summed E-state index contributed by atoms with van der Waals surface area (Å²) in [6.07, 6.45) is 0. The molecule has 2 amide bonds. The molecule has 2 aliphatic rings. The molecule has 1 atom stereocenters. The Balaban J connectivity index is 1.53. The Bertz CT molecular complexity index is 1020. The lowest BCUT2D eigenvalue weighted by Gasteiger charge is -2.25. The number of hydrogen-bond acceptors (Lipinski definition) is 6. The van der Waals surface area contributed by atoms with E-state index in [2.05, 4.69) is 15.3 Å². The van der Waals surface area contributed by atoms with Gasteiger partial charge in [0, 0.05) is 5.56 Å². The third kappa shape index (κ3) is 3.27. The van der Waals surface area contributed by atoms with Crippen LogP contribution < -0.4 is 10.1 Å². The summed E-state index contributed by atoms with van der Waals surface area (Å²) in [5.41, 5.74) is 2.16. The Morgan fingerprint density at radius 2 is 1.96 bits per heavy atom. The second-order valence-electron chi connectivity index (χ2n) is 6.25. The van der Waals surface area contributed by atoms with E-state index in [1.807, 2.05) is 36.4 Å². The molecule has 0 saturated heterocycles. The predicted molar refractivity (Wildman–Crippen MR) is 110 cm³/mol. The molecule has 0 radical (unpaired) electrons. The summed E-state index contributed by atoms with van der Waals surface area (Å²) in [4.78, 5) is 35.6. The number of thioether (sulfide) groups is 1. The molecule has 8 heteroatoms. The number of ether oxygens (including phenoxy) is 1. The topological polar surface area (TPSA) is 83.4 Å². The molecule has 0 saturated carbocycles. The number of carbonyl (C=O) groups is 2. The van der Waals surface area contributed by atoms with Gasteiger partial charge in [-0.2, -0.15) is 0 Å². The zero-order valence-electron chi connectivity index (χ0n) is 15.4. The second kappa shape index (κ2) is 7.47. The van der Waals surface area contributed by atoms with Gasteiger partial charge in [-0.25, -0.2) is 9.89 Å². The maximum atomic E-state index is 12.6. The highest BCUT2D eigenvalue weighted by molar-refractivity contribution is 8.14. The standard InChI is InChI=1S/C20H18N4O3S/c1-12-19(26)24-18(21-12)13-7-3-4-8-14(13)23-20(24)28-11-17(25)22-15-9-5-6-10-16(15)27-2/h3-10,12H,11H2,1-2H3,(H,22,25)/t12-/m1/s1. The van der Waals surface area contributed by atoms with Gasteiger partial charge in [0.1, 0.15) is 17.6 Å². The van der Waals surface area contributed by atoms with Crippen molar-refractivity contribution in [2.75, 3.05) is 18.2 Å². The molecule has 4 rings (SSSR count). The number of amides is 2. The lowest BCUT2D eigenvalue weighted by Crippen LogP contribution is -2.41. The van der Waals surface area contributed by atoms with Gasteiger partial charge in [-0.1, -0.05) is 36.0 Å². The van der Waals surface area contributed by atoms with Gasteiger partial charge in [-0.3, -0.25) is 14.6 Å². The Morgan fingerprint density at radius 3 is 2.79 bits per heavy atom. The molecule has 2 heterocycles. The molecule has 2 aromatic rings. The summed E-state index contributed by atoms with van der Waals surface area (Å²) in [7, 11) is 1.55. The SMILES string of the molecule is COc1ccccc1NC(=O)CSC1=Nc2ccccc2C2=N[C@H](C)C(=O)N12. The fourth-order valence-electron chi connectivity index (χ4n) is 3.04. The van der Waals surface area contributed by atoms with Crippen LogP contribution >= 0.6 is 11.8 Å². The van der Waals surface area contributed by atoms with E-state index in [1.54, 1.807) is 26.2 Å². The second-order valence-corrected chi connectivity index (χ2v) is 7.19. The zero-order valence-corrected chi connectivity index (χ0v) is 16.2. The van der Waals surface area contributed by atoms with Crippen LogP contribution in [0.4, 0.5) is 11.4 Å². The van der Waals surface area contributed by atoms with Crippen LogP contribution in [0.2, 0.25) is 0 Å². The van der Waals surface area contributed by atoms with E-state index < -0.39 is 6.04 Å². The molecule has 0 fully saturated rings. The Hall–Kier alpha value is -3.13. The molecule has 0 bridgehead atoms. The number of hydrogen-bond donors (Lipinski definition) is 1. The molecule has 7 nitrogen and oxygen atoms in total. The minimum Gasteiger partial charge on any atom is -0.495 e. The van der Waals surface area contributed by atoms with E-state index in [9.17, 15) is 9.59 Å². The summed E-state index contributed by atoms with van der Waals surface area (Å²) < 4.78 is 5.25. The summed E-state index contributed by atoms with van der Waals surface area (Å²) in [6.45, 7) is 1.76. The first-order valence-electron chi connectivity index (χ1n) is 8.74. The first kappa shape index (κ1) is 18.2. The number of carbonyl (C=O) groups excluding carboxylic acids is 2. The molecule has 0 spiro atoms. The molecular formula is C20H18N4O3S. The lowest BCUT2D eigenvalue weighted by atomic mass is 10.1. The molecule has 0 aliphatic carbocycles. The summed E-state index contributed by atoms with van der Waals surface area (Å²) >= 11 is 1.21. The predicted octanol–water partition coefficient (Wildman–Crippen LogP) is 3.05. The van der Waals surface area contributed by atoms with Gasteiger partial charge in [0.05, 0.1) is 24.2 Å². The van der Waals surface area contributed by atoms with E-state index in [0.29, 0.717) is 22.4 Å². The number of anilines is 1. The van der Waals surface area contributed by atoms with Gasteiger partial charge < -0.3 is 10.1 Å². The summed E-state index contributed by atoms with van der Waals surface area (Å²) in [6, 6.07) is 14.3. The smallest absolute Gasteiger partial charge is 0.258 e. The van der Waals surface area contributed by atoms with Crippen molar-refractivity contribution in [3.63, 3.8) is 0 Å². The van der Waals surface area contributed by atoms with Crippen molar-refractivity contribution in [1.82, 2.24) is 4.90 Å². The molecule has 2 aromatic carbocycles. The van der Waals surface area contributed by atoms with Crippen LogP contribution in [0.5, 0.6) is 5.75 Å². The minimum atomic E-state index is -0.464. The third-order valence-corrected chi connectivity index (χ3v) is 5.31. The van der Waals surface area contributed by atoms with E-state index in [4.69, 9.17) is 4.74 Å². The van der Waals surface area contributed by atoms with E-state index in [1.165, 1.54) is 16.7 Å². The van der Waals surface area contributed by atoms with Crippen LogP contribution in [0.1, 0.15) is 12.5 Å². The van der Waals surface area contributed by atoms with Gasteiger partial charge in [0.25, 0.3) is 5.91 Å². The van der Waals surface area contributed by atoms with Gasteiger partial charge in [-0.15, -0.1) is 0 Å². The van der Waals surface area contributed by atoms with Crippen LogP contribution in [0, 0.1) is 0 Å². The fourth-order valence-corrected chi connectivity index (χ4v) is 3.84. The minimum absolute atomic E-state index is 0.102. The monoisotopic (exact) mass is 394 g/mol. The highest BCUT2D eigenvalue weighted by Gasteiger charge is 2.39. The first-order chi connectivity index (χ1) is 13.6. The van der Waals surface area contributed by atoms with Crippen molar-refractivity contribution in [2.45, 2.75) is 13.0 Å². The maximum absolute atomic E-state index is 12.6. The molecule has 0 unspecified atom stereocenters. The lowest BCUT2D eigenvalue weighted by molar-refractivity contribution is -0.124. The molecular weight excluding hydrogens is 376 g/mol. The average Bonchev–Trinajstić information content (AvgIpc) is 3.01. The number of nitrogens with one attached hydrogen (secondary N) is 1. The van der Waals surface area contributed by atoms with Gasteiger partial charge in [0.2, 0.25) is 5.91 Å². The molecule has 0 aromatic heterocycles. The number of benzene rings is 2. The van der Waals surface area contributed by atoms with Gasteiger partial charge in [0.15, 0.2) is 5.17 Å². The number of para-hydroxylation sites is 3. The number of rotatable bonds is 4. The van der Waals surface area contributed by atoms with Crippen LogP contribution in [0.15, 0.2) is 58.5 Å². The van der Waals surface area contributed by atoms with Gasteiger partial charge >= 0.3 is 0 Å². The maximum Gasteiger partial charge on any atom is 0.258 e. The normalized spacial score (nSPS) is 17.4. The van der Waals surface area contributed by atoms with E-state index in [-0.39, 0.29) is 17.6 Å². The first-order valence-corrected chi connectivity index (χ1v) is 9.72. The van der Waals surface area contributed by atoms with Crippen molar-refractivity contribution in [3.8, 4) is 5.75 Å². The number of amidine groups is 2. The number of aliphatic imine (C=N–C) groups is 2. The van der Waals surface area contributed by atoms with Crippen molar-refractivity contribution in [2.24, 2.45) is 9.98 Å². The van der Waals surface area contributed by atoms with Crippen LogP contribution in [0.3, 0.4) is 0 Å². The van der Waals surface area contributed by atoms with Crippen LogP contribution in [0.25, 0.3) is 0 Å². The Morgan fingerprint density at radius 1 is 1.21 bits per heavy atom. The highest BCUT2D eigenvalue weighted by Crippen LogP contribution is 2.33. The Kier molecular flexibility index (Phi) is 4.87. The molecule has 28 heavy (non-hydrogen) atoms. The van der Waals surface area contributed by atoms with Gasteiger partial charge in [-0.05, 0) is 31.2 Å². The number of fused-ring (bicyclic) bond motifs is 3. The fraction of sp³-hybridized carbons (Fsp3) is 0.200. The van der Waals surface area contributed by atoms with E-state index in [0.717, 1.165) is 11.3 Å².